The van der Waals surface area contributed by atoms with Gasteiger partial charge in [-0.3, -0.25) is 4.79 Å². The van der Waals surface area contributed by atoms with Crippen LogP contribution in [0.5, 0.6) is 0 Å². The molecule has 1 saturated heterocycles. The Morgan fingerprint density at radius 2 is 1.92 bits per heavy atom. The lowest BCUT2D eigenvalue weighted by atomic mass is 10.1. The molecule has 1 atom stereocenters. The molecule has 4 heterocycles. The number of hydrogen-bond acceptors (Lipinski definition) is 3. The lowest BCUT2D eigenvalue weighted by Crippen LogP contribution is -2.45. The number of benzene rings is 2. The predicted molar refractivity (Wildman–Crippen MR) is 139 cm³/mol. The van der Waals surface area contributed by atoms with E-state index in [1.165, 1.54) is 12.1 Å². The van der Waals surface area contributed by atoms with Gasteiger partial charge in [0.15, 0.2) is 0 Å². The number of aromatic nitrogens is 3. The van der Waals surface area contributed by atoms with E-state index in [1.54, 1.807) is 0 Å². The first kappa shape index (κ1) is 22.5. The maximum Gasteiger partial charge on any atom is 0.254 e. The third-order valence-corrected chi connectivity index (χ3v) is 7.16. The number of carbonyl (C=O) groups is 1. The summed E-state index contributed by atoms with van der Waals surface area (Å²) in [6, 6.07) is 20.7. The highest BCUT2D eigenvalue weighted by Crippen LogP contribution is 2.31. The largest absolute Gasteiger partial charge is 0.337 e. The van der Waals surface area contributed by atoms with Crippen molar-refractivity contribution in [2.75, 3.05) is 13.1 Å². The molecule has 1 amide bonds. The number of amides is 1. The van der Waals surface area contributed by atoms with Crippen molar-refractivity contribution in [3.05, 3.63) is 95.6 Å². The van der Waals surface area contributed by atoms with Crippen LogP contribution in [0.1, 0.15) is 34.5 Å². The lowest BCUT2D eigenvalue weighted by molar-refractivity contribution is 0.0709. The van der Waals surface area contributed by atoms with E-state index in [0.717, 1.165) is 58.6 Å². The number of piperidine rings is 1. The van der Waals surface area contributed by atoms with Crippen LogP contribution < -0.4 is 5.73 Å². The van der Waals surface area contributed by atoms with Crippen molar-refractivity contribution in [1.29, 1.82) is 0 Å². The summed E-state index contributed by atoms with van der Waals surface area (Å²) in [5, 5.41) is 1.11. The van der Waals surface area contributed by atoms with Crippen molar-refractivity contribution in [3.63, 3.8) is 0 Å². The highest BCUT2D eigenvalue weighted by atomic mass is 19.1. The molecule has 1 aliphatic rings. The fourth-order valence-corrected chi connectivity index (χ4v) is 5.27. The van der Waals surface area contributed by atoms with Crippen LogP contribution in [0.2, 0.25) is 0 Å². The van der Waals surface area contributed by atoms with Crippen LogP contribution in [0.25, 0.3) is 27.9 Å². The van der Waals surface area contributed by atoms with E-state index in [1.807, 2.05) is 58.8 Å². The van der Waals surface area contributed by atoms with Gasteiger partial charge in [-0.1, -0.05) is 30.3 Å². The molecule has 6 rings (SSSR count). The van der Waals surface area contributed by atoms with Gasteiger partial charge in [0.25, 0.3) is 5.91 Å². The summed E-state index contributed by atoms with van der Waals surface area (Å²) < 4.78 is 17.8. The van der Waals surface area contributed by atoms with Gasteiger partial charge >= 0.3 is 0 Å². The Kier molecular flexibility index (Phi) is 5.57. The highest BCUT2D eigenvalue weighted by molar-refractivity contribution is 5.95. The van der Waals surface area contributed by atoms with E-state index in [0.29, 0.717) is 18.7 Å². The summed E-state index contributed by atoms with van der Waals surface area (Å²) in [7, 11) is 0. The Labute approximate surface area is 208 Å². The SMILES string of the molecule is Cc1c(-c2cc3ccccc3n2Cc2ccc(F)cc2)nc2cc(C(=O)N3CCC[C@@H](N)C3)ccn12. The third-order valence-electron chi connectivity index (χ3n) is 7.16. The van der Waals surface area contributed by atoms with Gasteiger partial charge < -0.3 is 19.6 Å². The Hall–Kier alpha value is -3.97. The molecule has 0 radical (unpaired) electrons. The number of likely N-dealkylation sites (tertiary alicyclic amines) is 1. The van der Waals surface area contributed by atoms with Crippen LogP contribution in [0.15, 0.2) is 72.9 Å². The molecular formula is C29H28FN5O. The fourth-order valence-electron chi connectivity index (χ4n) is 5.27. The van der Waals surface area contributed by atoms with Crippen molar-refractivity contribution < 1.29 is 9.18 Å². The minimum atomic E-state index is -0.246. The Morgan fingerprint density at radius 1 is 1.11 bits per heavy atom. The zero-order valence-electron chi connectivity index (χ0n) is 20.2. The van der Waals surface area contributed by atoms with Crippen molar-refractivity contribution in [1.82, 2.24) is 18.9 Å². The van der Waals surface area contributed by atoms with Gasteiger partial charge in [-0.15, -0.1) is 0 Å². The number of carbonyl (C=O) groups excluding carboxylic acids is 1. The zero-order valence-corrected chi connectivity index (χ0v) is 20.2. The fraction of sp³-hybridized carbons (Fsp3) is 0.241. The Balaban J connectivity index is 1.42. The summed E-state index contributed by atoms with van der Waals surface area (Å²) in [5.41, 5.74) is 12.4. The first-order chi connectivity index (χ1) is 17.5. The molecule has 2 N–H and O–H groups in total. The number of fused-ring (bicyclic) bond motifs is 2. The maximum absolute atomic E-state index is 13.5. The van der Waals surface area contributed by atoms with E-state index < -0.39 is 0 Å². The predicted octanol–water partition coefficient (Wildman–Crippen LogP) is 5.02. The summed E-state index contributed by atoms with van der Waals surface area (Å²) in [6.07, 6.45) is 3.81. The summed E-state index contributed by atoms with van der Waals surface area (Å²) in [4.78, 5) is 20.0. The van der Waals surface area contributed by atoms with Crippen LogP contribution >= 0.6 is 0 Å². The average Bonchev–Trinajstić information content (AvgIpc) is 3.42. The van der Waals surface area contributed by atoms with Crippen LogP contribution in [0, 0.1) is 12.7 Å². The smallest absolute Gasteiger partial charge is 0.254 e. The summed E-state index contributed by atoms with van der Waals surface area (Å²) in [6.45, 7) is 3.96. The van der Waals surface area contributed by atoms with E-state index in [2.05, 4.69) is 22.8 Å². The lowest BCUT2D eigenvalue weighted by Gasteiger charge is -2.30. The molecule has 1 aliphatic heterocycles. The van der Waals surface area contributed by atoms with E-state index in [4.69, 9.17) is 10.7 Å². The van der Waals surface area contributed by atoms with Crippen molar-refractivity contribution in [2.45, 2.75) is 32.4 Å². The third kappa shape index (κ3) is 3.95. The molecule has 0 aliphatic carbocycles. The number of nitrogens with zero attached hydrogens (tertiary/aromatic N) is 4. The molecule has 7 heteroatoms. The van der Waals surface area contributed by atoms with Crippen molar-refractivity contribution >= 4 is 22.5 Å². The molecule has 6 nitrogen and oxygen atoms in total. The van der Waals surface area contributed by atoms with Crippen molar-refractivity contribution in [3.8, 4) is 11.4 Å². The number of rotatable bonds is 4. The number of nitrogens with two attached hydrogens (primary N) is 1. The summed E-state index contributed by atoms with van der Waals surface area (Å²) in [5.74, 6) is -0.246. The van der Waals surface area contributed by atoms with E-state index in [9.17, 15) is 9.18 Å². The van der Waals surface area contributed by atoms with Gasteiger partial charge in [-0.25, -0.2) is 9.37 Å². The molecule has 0 spiro atoms. The van der Waals surface area contributed by atoms with Crippen LogP contribution in [0.3, 0.4) is 0 Å². The maximum atomic E-state index is 13.5. The van der Waals surface area contributed by atoms with Gasteiger partial charge in [0.1, 0.15) is 17.2 Å². The molecule has 1 fully saturated rings. The van der Waals surface area contributed by atoms with Crippen LogP contribution in [-0.4, -0.2) is 43.9 Å². The molecule has 2 aromatic carbocycles. The van der Waals surface area contributed by atoms with Gasteiger partial charge in [0, 0.05) is 54.0 Å². The second-order valence-electron chi connectivity index (χ2n) is 9.64. The van der Waals surface area contributed by atoms with E-state index in [-0.39, 0.29) is 17.8 Å². The second-order valence-corrected chi connectivity index (χ2v) is 9.64. The minimum Gasteiger partial charge on any atom is -0.337 e. The zero-order chi connectivity index (χ0) is 24.8. The van der Waals surface area contributed by atoms with Crippen LogP contribution in [0.4, 0.5) is 4.39 Å². The molecule has 3 aromatic heterocycles. The number of halogens is 1. The van der Waals surface area contributed by atoms with Gasteiger partial charge in [-0.05, 0) is 61.7 Å². The molecule has 0 bridgehead atoms. The van der Waals surface area contributed by atoms with Gasteiger partial charge in [0.2, 0.25) is 0 Å². The Morgan fingerprint density at radius 3 is 2.72 bits per heavy atom. The monoisotopic (exact) mass is 481 g/mol. The van der Waals surface area contributed by atoms with Gasteiger partial charge in [0.05, 0.1) is 5.69 Å². The quantitative estimate of drug-likeness (QED) is 0.392. The minimum absolute atomic E-state index is 0.000256. The molecule has 36 heavy (non-hydrogen) atoms. The van der Waals surface area contributed by atoms with Gasteiger partial charge in [-0.2, -0.15) is 0 Å². The number of pyridine rings is 1. The number of para-hydroxylation sites is 1. The standard InChI is InChI=1S/C29H28FN5O/c1-19-28(32-27-16-22(12-14-34(19)27)29(36)33-13-4-6-24(31)18-33)26-15-21-5-2-3-7-25(21)35(26)17-20-8-10-23(30)11-9-20/h2-3,5,7-12,14-16,24H,4,6,13,17-18,31H2,1H3/t24-/m1/s1. The first-order valence-corrected chi connectivity index (χ1v) is 12.3. The Bertz CT molecular complexity index is 1580. The molecule has 182 valence electrons. The molecule has 0 saturated carbocycles. The first-order valence-electron chi connectivity index (χ1n) is 12.3. The van der Waals surface area contributed by atoms with Crippen LogP contribution in [-0.2, 0) is 6.54 Å². The molecule has 0 unspecified atom stereocenters. The summed E-state index contributed by atoms with van der Waals surface area (Å²) >= 11 is 0. The number of imidazole rings is 1. The number of hydrogen-bond donors (Lipinski definition) is 1. The highest BCUT2D eigenvalue weighted by Gasteiger charge is 2.24. The average molecular weight is 482 g/mol. The topological polar surface area (TPSA) is 68.6 Å². The normalized spacial score (nSPS) is 16.2. The van der Waals surface area contributed by atoms with Crippen molar-refractivity contribution in [2.24, 2.45) is 5.73 Å². The number of aryl methyl sites for hydroxylation is 1. The molecule has 5 aromatic rings. The van der Waals surface area contributed by atoms with E-state index >= 15 is 0 Å². The second kappa shape index (κ2) is 8.91. The molecular weight excluding hydrogens is 453 g/mol.